The van der Waals surface area contributed by atoms with E-state index in [0.717, 1.165) is 22.9 Å². The Hall–Kier alpha value is -1.91. The Labute approximate surface area is 119 Å². The Bertz CT molecular complexity index is 611. The van der Waals surface area contributed by atoms with Gasteiger partial charge in [0, 0.05) is 38.0 Å². The third-order valence-electron chi connectivity index (χ3n) is 4.03. The van der Waals surface area contributed by atoms with Crippen molar-refractivity contribution in [3.05, 3.63) is 23.7 Å². The molecule has 3 rings (SSSR count). The van der Waals surface area contributed by atoms with Gasteiger partial charge in [0.2, 0.25) is 0 Å². The van der Waals surface area contributed by atoms with Gasteiger partial charge in [0.15, 0.2) is 5.82 Å². The first-order valence-corrected chi connectivity index (χ1v) is 7.24. The molecule has 0 saturated heterocycles. The van der Waals surface area contributed by atoms with Crippen LogP contribution in [0.4, 0.5) is 5.82 Å². The number of nitrogens with one attached hydrogen (secondary N) is 1. The average molecular weight is 271 g/mol. The van der Waals surface area contributed by atoms with Crippen LogP contribution in [0.1, 0.15) is 43.0 Å². The van der Waals surface area contributed by atoms with E-state index in [-0.39, 0.29) is 0 Å². The molecule has 1 fully saturated rings. The van der Waals surface area contributed by atoms with Crippen molar-refractivity contribution in [2.45, 2.75) is 38.5 Å². The predicted octanol–water partition coefficient (Wildman–Crippen LogP) is 2.88. The van der Waals surface area contributed by atoms with Crippen molar-refractivity contribution in [3.63, 3.8) is 0 Å². The van der Waals surface area contributed by atoms with Crippen LogP contribution in [0.25, 0.3) is 11.4 Å². The Morgan fingerprint density at radius 1 is 1.25 bits per heavy atom. The molecule has 0 bridgehead atoms. The minimum atomic E-state index is 0.584. The molecule has 0 amide bonds. The number of aryl methyl sites for hydroxylation is 2. The summed E-state index contributed by atoms with van der Waals surface area (Å²) in [6.45, 7) is 2.00. The van der Waals surface area contributed by atoms with Gasteiger partial charge < -0.3 is 5.32 Å². The van der Waals surface area contributed by atoms with Crippen molar-refractivity contribution < 1.29 is 0 Å². The fourth-order valence-corrected chi connectivity index (χ4v) is 2.96. The van der Waals surface area contributed by atoms with Crippen molar-refractivity contribution in [1.29, 1.82) is 0 Å². The summed E-state index contributed by atoms with van der Waals surface area (Å²) in [5.74, 6) is 2.25. The highest BCUT2D eigenvalue weighted by atomic mass is 15.3. The molecule has 106 valence electrons. The zero-order chi connectivity index (χ0) is 14.1. The van der Waals surface area contributed by atoms with E-state index in [0.29, 0.717) is 5.92 Å². The summed E-state index contributed by atoms with van der Waals surface area (Å²) in [5.41, 5.74) is 3.15. The van der Waals surface area contributed by atoms with Crippen LogP contribution in [-0.2, 0) is 7.05 Å². The van der Waals surface area contributed by atoms with Crippen molar-refractivity contribution in [2.24, 2.45) is 7.05 Å². The van der Waals surface area contributed by atoms with Crippen LogP contribution < -0.4 is 5.32 Å². The van der Waals surface area contributed by atoms with E-state index in [1.807, 2.05) is 31.9 Å². The van der Waals surface area contributed by atoms with Crippen LogP contribution in [0.5, 0.6) is 0 Å². The van der Waals surface area contributed by atoms with E-state index in [1.165, 1.54) is 31.4 Å². The van der Waals surface area contributed by atoms with E-state index in [1.54, 1.807) is 0 Å². The Balaban J connectivity index is 2.05. The highest BCUT2D eigenvalue weighted by Crippen LogP contribution is 2.34. The number of hydrogen-bond donors (Lipinski definition) is 1. The fourth-order valence-electron chi connectivity index (χ4n) is 2.96. The molecular formula is C15H21N5. The molecule has 1 aliphatic rings. The lowest BCUT2D eigenvalue weighted by Gasteiger charge is -2.12. The lowest BCUT2D eigenvalue weighted by atomic mass is 10.0. The molecule has 0 spiro atoms. The van der Waals surface area contributed by atoms with Crippen LogP contribution in [0.15, 0.2) is 12.3 Å². The van der Waals surface area contributed by atoms with Gasteiger partial charge in [-0.15, -0.1) is 0 Å². The second kappa shape index (κ2) is 5.23. The van der Waals surface area contributed by atoms with Crippen LogP contribution in [0.2, 0.25) is 0 Å². The first-order chi connectivity index (χ1) is 9.67. The molecule has 0 aliphatic heterocycles. The van der Waals surface area contributed by atoms with Crippen molar-refractivity contribution in [2.75, 3.05) is 12.4 Å². The molecule has 0 atom stereocenters. The van der Waals surface area contributed by atoms with E-state index in [4.69, 9.17) is 4.98 Å². The highest BCUT2D eigenvalue weighted by Gasteiger charge is 2.21. The van der Waals surface area contributed by atoms with Crippen LogP contribution >= 0.6 is 0 Å². The van der Waals surface area contributed by atoms with E-state index >= 15 is 0 Å². The molecule has 0 radical (unpaired) electrons. The molecule has 2 aromatic rings. The van der Waals surface area contributed by atoms with Crippen molar-refractivity contribution in [3.8, 4) is 11.4 Å². The largest absolute Gasteiger partial charge is 0.373 e. The maximum absolute atomic E-state index is 4.80. The van der Waals surface area contributed by atoms with Gasteiger partial charge in [0.1, 0.15) is 5.82 Å². The predicted molar refractivity (Wildman–Crippen MR) is 79.7 cm³/mol. The summed E-state index contributed by atoms with van der Waals surface area (Å²) < 4.78 is 1.81. The third-order valence-corrected chi connectivity index (χ3v) is 4.03. The Morgan fingerprint density at radius 2 is 2.00 bits per heavy atom. The molecule has 1 saturated carbocycles. The second-order valence-electron chi connectivity index (χ2n) is 5.53. The van der Waals surface area contributed by atoms with Gasteiger partial charge in [-0.05, 0) is 19.8 Å². The normalized spacial score (nSPS) is 15.8. The van der Waals surface area contributed by atoms with Gasteiger partial charge >= 0.3 is 0 Å². The minimum absolute atomic E-state index is 0.584. The maximum Gasteiger partial charge on any atom is 0.165 e. The van der Waals surface area contributed by atoms with Crippen molar-refractivity contribution in [1.82, 2.24) is 19.7 Å². The van der Waals surface area contributed by atoms with E-state index in [9.17, 15) is 0 Å². The molecule has 5 heteroatoms. The number of hydrogen-bond acceptors (Lipinski definition) is 4. The zero-order valence-electron chi connectivity index (χ0n) is 12.3. The smallest absolute Gasteiger partial charge is 0.165 e. The van der Waals surface area contributed by atoms with Crippen LogP contribution in [-0.4, -0.2) is 26.8 Å². The number of aromatic nitrogens is 4. The van der Waals surface area contributed by atoms with Gasteiger partial charge in [-0.2, -0.15) is 5.10 Å². The van der Waals surface area contributed by atoms with E-state index in [2.05, 4.69) is 21.5 Å². The third kappa shape index (κ3) is 2.40. The topological polar surface area (TPSA) is 55.6 Å². The lowest BCUT2D eigenvalue weighted by Crippen LogP contribution is -2.04. The quantitative estimate of drug-likeness (QED) is 0.932. The monoisotopic (exact) mass is 271 g/mol. The summed E-state index contributed by atoms with van der Waals surface area (Å²) in [7, 11) is 3.83. The fraction of sp³-hybridized carbons (Fsp3) is 0.533. The molecule has 2 aromatic heterocycles. The van der Waals surface area contributed by atoms with Gasteiger partial charge in [-0.25, -0.2) is 9.97 Å². The Kier molecular flexibility index (Phi) is 3.42. The number of anilines is 1. The molecule has 0 unspecified atom stereocenters. The highest BCUT2D eigenvalue weighted by molar-refractivity contribution is 5.59. The summed E-state index contributed by atoms with van der Waals surface area (Å²) in [5, 5.41) is 7.54. The van der Waals surface area contributed by atoms with Crippen molar-refractivity contribution >= 4 is 5.82 Å². The minimum Gasteiger partial charge on any atom is -0.373 e. The van der Waals surface area contributed by atoms with Crippen LogP contribution in [0.3, 0.4) is 0 Å². The summed E-state index contributed by atoms with van der Waals surface area (Å²) >= 11 is 0. The average Bonchev–Trinajstić information content (AvgIpc) is 3.08. The SMILES string of the molecule is CNc1cc(C2CCCC2)nc(-c2cn(C)nc2C)n1. The standard InChI is InChI=1S/C15H21N5/c1-10-12(9-20(3)19-10)15-17-13(8-14(16-2)18-15)11-6-4-5-7-11/h8-9,11H,4-7H2,1-3H3,(H,16,17,18). The lowest BCUT2D eigenvalue weighted by molar-refractivity contribution is 0.696. The summed E-state index contributed by atoms with van der Waals surface area (Å²) in [6, 6.07) is 2.09. The van der Waals surface area contributed by atoms with Gasteiger partial charge in [-0.3, -0.25) is 4.68 Å². The molecular weight excluding hydrogens is 250 g/mol. The summed E-state index contributed by atoms with van der Waals surface area (Å²) in [6.07, 6.45) is 7.09. The maximum atomic E-state index is 4.80. The van der Waals surface area contributed by atoms with Crippen LogP contribution in [0, 0.1) is 6.92 Å². The first-order valence-electron chi connectivity index (χ1n) is 7.24. The van der Waals surface area contributed by atoms with Gasteiger partial charge in [-0.1, -0.05) is 12.8 Å². The second-order valence-corrected chi connectivity index (χ2v) is 5.53. The zero-order valence-corrected chi connectivity index (χ0v) is 12.3. The Morgan fingerprint density at radius 3 is 2.60 bits per heavy atom. The van der Waals surface area contributed by atoms with Gasteiger partial charge in [0.25, 0.3) is 0 Å². The number of rotatable bonds is 3. The number of nitrogens with zero attached hydrogens (tertiary/aromatic N) is 4. The first kappa shape index (κ1) is 13.1. The molecule has 1 N–H and O–H groups in total. The molecule has 20 heavy (non-hydrogen) atoms. The molecule has 0 aromatic carbocycles. The molecule has 2 heterocycles. The van der Waals surface area contributed by atoms with E-state index < -0.39 is 0 Å². The summed E-state index contributed by atoms with van der Waals surface area (Å²) in [4.78, 5) is 9.40. The molecule has 5 nitrogen and oxygen atoms in total. The molecule has 1 aliphatic carbocycles. The van der Waals surface area contributed by atoms with Gasteiger partial charge in [0.05, 0.1) is 11.3 Å².